The summed E-state index contributed by atoms with van der Waals surface area (Å²) in [6.45, 7) is 0.232. The average molecular weight is 240 g/mol. The SMILES string of the molecule is O=C(O)C1c2sccc2[C@H]2CN1C(=O)N2O. The number of carboxylic acids is 1. The zero-order valence-electron chi connectivity index (χ0n) is 8.03. The van der Waals surface area contributed by atoms with Crippen LogP contribution in [0.3, 0.4) is 0 Å². The Morgan fingerprint density at radius 2 is 2.31 bits per heavy atom. The molecule has 2 bridgehead atoms. The molecule has 1 aromatic rings. The molecule has 2 aliphatic heterocycles. The summed E-state index contributed by atoms with van der Waals surface area (Å²) in [6, 6.07) is -0.263. The first kappa shape index (κ1) is 9.61. The molecule has 3 heterocycles. The van der Waals surface area contributed by atoms with E-state index in [1.807, 2.05) is 0 Å². The molecule has 2 amide bonds. The first-order chi connectivity index (χ1) is 7.61. The van der Waals surface area contributed by atoms with Gasteiger partial charge in [-0.15, -0.1) is 11.3 Å². The number of hydrogen-bond acceptors (Lipinski definition) is 4. The number of aliphatic carboxylic acids is 1. The summed E-state index contributed by atoms with van der Waals surface area (Å²) in [6.07, 6.45) is 0. The second-order valence-corrected chi connectivity index (χ2v) is 4.72. The van der Waals surface area contributed by atoms with E-state index in [1.54, 1.807) is 11.4 Å². The van der Waals surface area contributed by atoms with Crippen molar-refractivity contribution >= 4 is 23.3 Å². The van der Waals surface area contributed by atoms with Crippen molar-refractivity contribution in [2.75, 3.05) is 6.54 Å². The minimum Gasteiger partial charge on any atom is -0.479 e. The van der Waals surface area contributed by atoms with Crippen molar-refractivity contribution in [3.63, 3.8) is 0 Å². The Kier molecular flexibility index (Phi) is 1.78. The summed E-state index contributed by atoms with van der Waals surface area (Å²) < 4.78 is 0. The van der Waals surface area contributed by atoms with Crippen molar-refractivity contribution in [3.05, 3.63) is 21.9 Å². The van der Waals surface area contributed by atoms with Crippen LogP contribution in [0.25, 0.3) is 0 Å². The number of hydroxylamine groups is 2. The molecule has 6 nitrogen and oxygen atoms in total. The van der Waals surface area contributed by atoms with Crippen LogP contribution in [-0.2, 0) is 4.79 Å². The van der Waals surface area contributed by atoms with E-state index >= 15 is 0 Å². The molecule has 0 aliphatic carbocycles. The maximum Gasteiger partial charge on any atom is 0.345 e. The molecule has 2 atom stereocenters. The molecule has 2 aliphatic rings. The Balaban J connectivity index is 2.18. The van der Waals surface area contributed by atoms with Crippen LogP contribution in [-0.4, -0.2) is 38.8 Å². The highest BCUT2D eigenvalue weighted by atomic mass is 32.1. The van der Waals surface area contributed by atoms with Crippen LogP contribution in [0.2, 0.25) is 0 Å². The molecule has 3 rings (SSSR count). The number of urea groups is 1. The molecule has 1 fully saturated rings. The van der Waals surface area contributed by atoms with Gasteiger partial charge in [0, 0.05) is 4.88 Å². The van der Waals surface area contributed by atoms with Crippen molar-refractivity contribution in [3.8, 4) is 0 Å². The molecule has 1 aromatic heterocycles. The van der Waals surface area contributed by atoms with E-state index in [0.29, 0.717) is 9.94 Å². The smallest absolute Gasteiger partial charge is 0.345 e. The number of carbonyl (C=O) groups excluding carboxylic acids is 1. The monoisotopic (exact) mass is 240 g/mol. The van der Waals surface area contributed by atoms with E-state index in [-0.39, 0.29) is 6.54 Å². The Hall–Kier alpha value is -1.60. The number of thiophene rings is 1. The molecule has 84 valence electrons. The van der Waals surface area contributed by atoms with Gasteiger partial charge >= 0.3 is 12.0 Å². The van der Waals surface area contributed by atoms with Gasteiger partial charge in [-0.3, -0.25) is 5.21 Å². The third kappa shape index (κ3) is 0.987. The lowest BCUT2D eigenvalue weighted by atomic mass is 10.00. The first-order valence-corrected chi connectivity index (χ1v) is 5.58. The van der Waals surface area contributed by atoms with E-state index in [4.69, 9.17) is 5.11 Å². The van der Waals surface area contributed by atoms with Crippen LogP contribution in [0.15, 0.2) is 11.4 Å². The molecule has 16 heavy (non-hydrogen) atoms. The largest absolute Gasteiger partial charge is 0.479 e. The Morgan fingerprint density at radius 1 is 1.56 bits per heavy atom. The van der Waals surface area contributed by atoms with Crippen LogP contribution in [0.1, 0.15) is 22.5 Å². The molecule has 7 heteroatoms. The Morgan fingerprint density at radius 3 is 3.00 bits per heavy atom. The lowest BCUT2D eigenvalue weighted by Gasteiger charge is -2.27. The minimum atomic E-state index is -1.06. The molecule has 0 spiro atoms. The highest BCUT2D eigenvalue weighted by molar-refractivity contribution is 7.10. The van der Waals surface area contributed by atoms with E-state index in [9.17, 15) is 14.8 Å². The molecule has 1 unspecified atom stereocenters. The van der Waals surface area contributed by atoms with Crippen molar-refractivity contribution < 1.29 is 19.9 Å². The number of carboxylic acid groups (broad SMARTS) is 1. The van der Waals surface area contributed by atoms with Gasteiger partial charge < -0.3 is 10.0 Å². The minimum absolute atomic E-state index is 0.232. The normalized spacial score (nSPS) is 27.2. The van der Waals surface area contributed by atoms with Crippen molar-refractivity contribution in [1.29, 1.82) is 0 Å². The summed E-state index contributed by atoms with van der Waals surface area (Å²) in [5, 5.41) is 21.1. The zero-order chi connectivity index (χ0) is 11.4. The highest BCUT2D eigenvalue weighted by Gasteiger charge is 2.50. The standard InChI is InChI=1S/C9H8N2O4S/c12-8(13)6-7-4(1-2-16-7)5-3-10(6)9(14)11(5)15/h1-2,5-6,15H,3H2,(H,12,13)/t5-,6?/m1/s1. The summed E-state index contributed by atoms with van der Waals surface area (Å²) in [5.41, 5.74) is 0.738. The van der Waals surface area contributed by atoms with Gasteiger partial charge in [-0.05, 0) is 17.0 Å². The second-order valence-electron chi connectivity index (χ2n) is 3.78. The van der Waals surface area contributed by atoms with Gasteiger partial charge in [0.15, 0.2) is 6.04 Å². The van der Waals surface area contributed by atoms with Crippen molar-refractivity contribution in [2.45, 2.75) is 12.1 Å². The maximum absolute atomic E-state index is 11.6. The zero-order valence-corrected chi connectivity index (χ0v) is 8.85. The number of hydrogen-bond donors (Lipinski definition) is 2. The predicted molar refractivity (Wildman–Crippen MR) is 53.2 cm³/mol. The van der Waals surface area contributed by atoms with E-state index in [0.717, 1.165) is 5.56 Å². The third-order valence-corrected chi connectivity index (χ3v) is 3.97. The van der Waals surface area contributed by atoms with Crippen LogP contribution in [0.4, 0.5) is 4.79 Å². The van der Waals surface area contributed by atoms with Gasteiger partial charge in [-0.25, -0.2) is 9.59 Å². The molecule has 0 saturated carbocycles. The number of carbonyl (C=O) groups is 2. The van der Waals surface area contributed by atoms with Crippen LogP contribution in [0, 0.1) is 0 Å². The average Bonchev–Trinajstić information content (AvgIpc) is 2.79. The van der Waals surface area contributed by atoms with Crippen LogP contribution in [0.5, 0.6) is 0 Å². The number of rotatable bonds is 1. The summed E-state index contributed by atoms with van der Waals surface area (Å²) in [5.74, 6) is -1.06. The molecular weight excluding hydrogens is 232 g/mol. The number of fused-ring (bicyclic) bond motifs is 4. The van der Waals surface area contributed by atoms with E-state index < -0.39 is 24.1 Å². The van der Waals surface area contributed by atoms with Crippen molar-refractivity contribution in [2.24, 2.45) is 0 Å². The van der Waals surface area contributed by atoms with Gasteiger partial charge in [-0.1, -0.05) is 0 Å². The molecule has 0 radical (unpaired) electrons. The van der Waals surface area contributed by atoms with Gasteiger partial charge in [0.25, 0.3) is 0 Å². The van der Waals surface area contributed by atoms with Gasteiger partial charge in [-0.2, -0.15) is 5.06 Å². The molecule has 0 aromatic carbocycles. The summed E-state index contributed by atoms with van der Waals surface area (Å²) in [7, 11) is 0. The fourth-order valence-corrected chi connectivity index (χ4v) is 3.33. The summed E-state index contributed by atoms with van der Waals surface area (Å²) in [4.78, 5) is 24.6. The Labute approximate surface area is 94.3 Å². The van der Waals surface area contributed by atoms with Gasteiger partial charge in [0.05, 0.1) is 6.54 Å². The lowest BCUT2D eigenvalue weighted by Crippen LogP contribution is -2.37. The van der Waals surface area contributed by atoms with E-state index in [1.165, 1.54) is 16.2 Å². The summed E-state index contributed by atoms with van der Waals surface area (Å²) >= 11 is 1.30. The molecule has 1 saturated heterocycles. The Bertz CT molecular complexity index is 486. The van der Waals surface area contributed by atoms with E-state index in [2.05, 4.69) is 0 Å². The van der Waals surface area contributed by atoms with Crippen LogP contribution < -0.4 is 0 Å². The van der Waals surface area contributed by atoms with Gasteiger partial charge in [0.2, 0.25) is 0 Å². The topological polar surface area (TPSA) is 81.1 Å². The number of amides is 2. The molecule has 2 N–H and O–H groups in total. The third-order valence-electron chi connectivity index (χ3n) is 2.99. The lowest BCUT2D eigenvalue weighted by molar-refractivity contribution is -0.142. The fourth-order valence-electron chi connectivity index (χ4n) is 2.27. The second kappa shape index (κ2) is 2.96. The quantitative estimate of drug-likeness (QED) is 0.719. The molecular formula is C9H8N2O4S. The highest BCUT2D eigenvalue weighted by Crippen LogP contribution is 2.45. The van der Waals surface area contributed by atoms with Crippen LogP contribution >= 0.6 is 11.3 Å². The fraction of sp³-hybridized carbons (Fsp3) is 0.333. The van der Waals surface area contributed by atoms with Gasteiger partial charge in [0.1, 0.15) is 6.04 Å². The maximum atomic E-state index is 11.6. The van der Waals surface area contributed by atoms with Crippen molar-refractivity contribution in [1.82, 2.24) is 9.96 Å². The predicted octanol–water partition coefficient (Wildman–Crippen LogP) is 1.06. The number of nitrogens with zero attached hydrogens (tertiary/aromatic N) is 2. The first-order valence-electron chi connectivity index (χ1n) is 4.70.